The second kappa shape index (κ2) is 11.0. The number of benzene rings is 3. The fraction of sp³-hybridized carbons (Fsp3) is 0.0909. The summed E-state index contributed by atoms with van der Waals surface area (Å²) in [6.45, 7) is 2.00. The number of hydrogen-bond acceptors (Lipinski definition) is 8. The Morgan fingerprint density at radius 3 is 2.44 bits per heavy atom. The molecule has 0 spiro atoms. The number of nitro benzene ring substituents is 2. The van der Waals surface area contributed by atoms with E-state index in [1.54, 1.807) is 49.4 Å². The number of nitrogens with zero attached hydrogens (tertiary/aromatic N) is 3. The lowest BCUT2D eigenvalue weighted by Gasteiger charge is -2.14. The molecular formula is C22H17BrN4O7. The molecule has 34 heavy (non-hydrogen) atoms. The number of carbonyl (C=O) groups is 1. The summed E-state index contributed by atoms with van der Waals surface area (Å²) in [6, 6.07) is 14.8. The SMILES string of the molecule is CCOc1cc(/C=N\NC(=O)c2ccccc2)cc(Br)c1Oc1ccc([N+](=O)[O-])cc1[N+](=O)[O-]. The summed E-state index contributed by atoms with van der Waals surface area (Å²) in [6.07, 6.45) is 1.40. The number of non-ortho nitro benzene ring substituents is 1. The van der Waals surface area contributed by atoms with Crippen molar-refractivity contribution in [2.45, 2.75) is 6.92 Å². The third-order valence-corrected chi connectivity index (χ3v) is 4.90. The van der Waals surface area contributed by atoms with Crippen molar-refractivity contribution >= 4 is 39.4 Å². The molecule has 0 unspecified atom stereocenters. The Morgan fingerprint density at radius 1 is 1.06 bits per heavy atom. The third kappa shape index (κ3) is 5.92. The molecule has 11 nitrogen and oxygen atoms in total. The van der Waals surface area contributed by atoms with Gasteiger partial charge in [-0.05, 0) is 58.7 Å². The van der Waals surface area contributed by atoms with E-state index in [4.69, 9.17) is 9.47 Å². The minimum absolute atomic E-state index is 0.129. The van der Waals surface area contributed by atoms with Crippen molar-refractivity contribution in [2.24, 2.45) is 5.10 Å². The predicted octanol–water partition coefficient (Wildman–Crippen LogP) is 5.22. The molecule has 0 fully saturated rings. The quantitative estimate of drug-likeness (QED) is 0.227. The summed E-state index contributed by atoms with van der Waals surface area (Å²) < 4.78 is 11.7. The number of hydrogen-bond donors (Lipinski definition) is 1. The minimum Gasteiger partial charge on any atom is -0.490 e. The van der Waals surface area contributed by atoms with Crippen molar-refractivity contribution in [3.8, 4) is 17.2 Å². The Bertz CT molecular complexity index is 1270. The fourth-order valence-electron chi connectivity index (χ4n) is 2.80. The highest BCUT2D eigenvalue weighted by atomic mass is 79.9. The molecule has 0 bridgehead atoms. The molecule has 0 aliphatic carbocycles. The Morgan fingerprint density at radius 2 is 1.79 bits per heavy atom. The van der Waals surface area contributed by atoms with Crippen molar-refractivity contribution in [1.82, 2.24) is 5.43 Å². The first kappa shape index (κ1) is 24.3. The zero-order chi connectivity index (χ0) is 24.7. The van der Waals surface area contributed by atoms with Gasteiger partial charge in [-0.25, -0.2) is 5.43 Å². The highest BCUT2D eigenvalue weighted by Crippen LogP contribution is 2.42. The molecule has 3 aromatic rings. The summed E-state index contributed by atoms with van der Waals surface area (Å²) in [5, 5.41) is 26.3. The minimum atomic E-state index is -0.771. The molecule has 1 amide bonds. The Kier molecular flexibility index (Phi) is 7.88. The monoisotopic (exact) mass is 528 g/mol. The van der Waals surface area contributed by atoms with E-state index in [-0.39, 0.29) is 29.8 Å². The van der Waals surface area contributed by atoms with Crippen molar-refractivity contribution in [2.75, 3.05) is 6.61 Å². The van der Waals surface area contributed by atoms with Crippen LogP contribution in [-0.4, -0.2) is 28.6 Å². The molecule has 0 radical (unpaired) electrons. The summed E-state index contributed by atoms with van der Waals surface area (Å²) >= 11 is 3.35. The van der Waals surface area contributed by atoms with Crippen LogP contribution in [0, 0.1) is 20.2 Å². The van der Waals surface area contributed by atoms with Gasteiger partial charge in [0.15, 0.2) is 11.5 Å². The average molecular weight is 529 g/mol. The normalized spacial score (nSPS) is 10.6. The van der Waals surface area contributed by atoms with Crippen LogP contribution in [0.1, 0.15) is 22.8 Å². The summed E-state index contributed by atoms with van der Waals surface area (Å²) in [4.78, 5) is 33.0. The maximum atomic E-state index is 12.1. The van der Waals surface area contributed by atoms with Gasteiger partial charge in [-0.15, -0.1) is 0 Å². The van der Waals surface area contributed by atoms with E-state index in [0.717, 1.165) is 18.2 Å². The van der Waals surface area contributed by atoms with E-state index >= 15 is 0 Å². The standard InChI is InChI=1S/C22H17BrN4O7/c1-2-33-20-11-14(13-24-25-22(28)15-6-4-3-5-7-15)10-17(23)21(20)34-19-9-8-16(26(29)30)12-18(19)27(31)32/h3-13H,2H2,1H3,(H,25,28)/b24-13-. The lowest BCUT2D eigenvalue weighted by atomic mass is 10.2. The molecule has 0 atom stereocenters. The number of amides is 1. The second-order valence-corrected chi connectivity index (χ2v) is 7.45. The number of halogens is 1. The van der Waals surface area contributed by atoms with Crippen LogP contribution < -0.4 is 14.9 Å². The Labute approximate surface area is 201 Å². The Balaban J connectivity index is 1.88. The summed E-state index contributed by atoms with van der Waals surface area (Å²) in [5.74, 6) is -0.218. The maximum absolute atomic E-state index is 12.1. The molecule has 0 heterocycles. The van der Waals surface area contributed by atoms with Gasteiger partial charge in [-0.1, -0.05) is 18.2 Å². The first-order valence-corrected chi connectivity index (χ1v) is 10.5. The van der Waals surface area contributed by atoms with Gasteiger partial charge >= 0.3 is 5.69 Å². The molecule has 0 aromatic heterocycles. The number of nitro groups is 2. The lowest BCUT2D eigenvalue weighted by Crippen LogP contribution is -2.17. The van der Waals surface area contributed by atoms with Gasteiger partial charge in [0, 0.05) is 11.6 Å². The van der Waals surface area contributed by atoms with Crippen LogP contribution in [0.15, 0.2) is 70.2 Å². The first-order chi connectivity index (χ1) is 16.3. The molecule has 1 N–H and O–H groups in total. The number of nitrogens with one attached hydrogen (secondary N) is 1. The van der Waals surface area contributed by atoms with Crippen molar-refractivity contribution < 1.29 is 24.1 Å². The molecule has 0 saturated carbocycles. The van der Waals surface area contributed by atoms with Crippen LogP contribution in [-0.2, 0) is 0 Å². The number of hydrazone groups is 1. The molecule has 0 aliphatic rings. The molecule has 0 aliphatic heterocycles. The molecule has 12 heteroatoms. The molecule has 0 saturated heterocycles. The van der Waals surface area contributed by atoms with Crippen LogP contribution >= 0.6 is 15.9 Å². The van der Waals surface area contributed by atoms with Gasteiger partial charge in [-0.3, -0.25) is 25.0 Å². The second-order valence-electron chi connectivity index (χ2n) is 6.60. The first-order valence-electron chi connectivity index (χ1n) is 9.75. The summed E-state index contributed by atoms with van der Waals surface area (Å²) in [7, 11) is 0. The molecule has 174 valence electrons. The van der Waals surface area contributed by atoms with E-state index in [1.165, 1.54) is 6.21 Å². The zero-order valence-corrected chi connectivity index (χ0v) is 19.2. The number of ether oxygens (including phenoxy) is 2. The fourth-order valence-corrected chi connectivity index (χ4v) is 3.34. The molecule has 3 aromatic carbocycles. The molecule has 3 rings (SSSR count). The van der Waals surface area contributed by atoms with Gasteiger partial charge in [0.05, 0.1) is 33.2 Å². The van der Waals surface area contributed by atoms with Crippen molar-refractivity contribution in [3.05, 3.63) is 96.5 Å². The van der Waals surface area contributed by atoms with Gasteiger partial charge in [0.2, 0.25) is 5.75 Å². The lowest BCUT2D eigenvalue weighted by molar-refractivity contribution is -0.394. The number of rotatable bonds is 9. The van der Waals surface area contributed by atoms with Crippen molar-refractivity contribution in [1.29, 1.82) is 0 Å². The highest BCUT2D eigenvalue weighted by Gasteiger charge is 2.23. The zero-order valence-electron chi connectivity index (χ0n) is 17.6. The van der Waals surface area contributed by atoms with Gasteiger partial charge < -0.3 is 9.47 Å². The third-order valence-electron chi connectivity index (χ3n) is 4.31. The highest BCUT2D eigenvalue weighted by molar-refractivity contribution is 9.10. The van der Waals surface area contributed by atoms with Gasteiger partial charge in [0.1, 0.15) is 0 Å². The van der Waals surface area contributed by atoms with Crippen LogP contribution in [0.25, 0.3) is 0 Å². The largest absolute Gasteiger partial charge is 0.490 e. The van der Waals surface area contributed by atoms with Gasteiger partial charge in [0.25, 0.3) is 11.6 Å². The van der Waals surface area contributed by atoms with Crippen LogP contribution in [0.2, 0.25) is 0 Å². The predicted molar refractivity (Wildman–Crippen MR) is 127 cm³/mol. The van der Waals surface area contributed by atoms with E-state index < -0.39 is 21.2 Å². The van der Waals surface area contributed by atoms with Crippen LogP contribution in [0.4, 0.5) is 11.4 Å². The van der Waals surface area contributed by atoms with Crippen LogP contribution in [0.5, 0.6) is 17.2 Å². The van der Waals surface area contributed by atoms with Gasteiger partial charge in [-0.2, -0.15) is 5.10 Å². The van der Waals surface area contributed by atoms with E-state index in [1.807, 2.05) is 0 Å². The van der Waals surface area contributed by atoms with E-state index in [9.17, 15) is 25.0 Å². The van der Waals surface area contributed by atoms with Crippen molar-refractivity contribution in [3.63, 3.8) is 0 Å². The topological polar surface area (TPSA) is 146 Å². The Hall–Kier alpha value is -4.32. The van der Waals surface area contributed by atoms with E-state index in [0.29, 0.717) is 15.6 Å². The van der Waals surface area contributed by atoms with E-state index in [2.05, 4.69) is 26.5 Å². The molecular weight excluding hydrogens is 512 g/mol. The summed E-state index contributed by atoms with van der Waals surface area (Å²) in [5.41, 5.74) is 2.40. The van der Waals surface area contributed by atoms with Crippen LogP contribution in [0.3, 0.4) is 0 Å². The smallest absolute Gasteiger partial charge is 0.318 e. The average Bonchev–Trinajstić information content (AvgIpc) is 2.81. The maximum Gasteiger partial charge on any atom is 0.318 e. The number of carbonyl (C=O) groups excluding carboxylic acids is 1.